The van der Waals surface area contributed by atoms with Gasteiger partial charge in [-0.1, -0.05) is 105 Å². The van der Waals surface area contributed by atoms with E-state index in [1.54, 1.807) is 19.2 Å². The Morgan fingerprint density at radius 1 is 0.803 bits per heavy atom. The molecule has 3 aromatic carbocycles. The third kappa shape index (κ3) is 13.2. The molecule has 1 heterocycles. The quantitative estimate of drug-likeness (QED) is 0.0591. The number of rotatable bonds is 21. The lowest BCUT2D eigenvalue weighted by Gasteiger charge is -2.37. The van der Waals surface area contributed by atoms with Gasteiger partial charge in [-0.15, -0.1) is 0 Å². The summed E-state index contributed by atoms with van der Waals surface area (Å²) in [5.74, 6) is -2.63. The minimum absolute atomic E-state index is 0.0220. The maximum atomic E-state index is 15.2. The summed E-state index contributed by atoms with van der Waals surface area (Å²) in [5, 5.41) is 20.1. The number of amides is 5. The first-order valence-electron chi connectivity index (χ1n) is 21.7. The van der Waals surface area contributed by atoms with Gasteiger partial charge in [0.25, 0.3) is 11.6 Å². The van der Waals surface area contributed by atoms with Gasteiger partial charge in [-0.3, -0.25) is 39.0 Å². The van der Waals surface area contributed by atoms with Gasteiger partial charge in [0.15, 0.2) is 0 Å². The SMILES string of the molecule is CN[C@@H](Cc1ccccc1)C(=O)N[C@@H](CCCCN)C(=O)N1CCC[C@H]1C(=O)N(C(=O)[C@H](N)CC1CCCCC1)[C@@H](Cc1ccccc1)C(=O)NCc1ccc([N+](=O)[O-])cc1. The van der Waals surface area contributed by atoms with Gasteiger partial charge < -0.3 is 32.3 Å². The van der Waals surface area contributed by atoms with Crippen LogP contribution in [0.2, 0.25) is 0 Å². The Labute approximate surface area is 358 Å². The van der Waals surface area contributed by atoms with Crippen molar-refractivity contribution in [1.82, 2.24) is 25.8 Å². The summed E-state index contributed by atoms with van der Waals surface area (Å²) in [4.78, 5) is 86.0. The molecule has 1 saturated carbocycles. The largest absolute Gasteiger partial charge is 0.350 e. The van der Waals surface area contributed by atoms with Crippen LogP contribution in [0.5, 0.6) is 0 Å². The maximum Gasteiger partial charge on any atom is 0.269 e. The lowest BCUT2D eigenvalue weighted by Crippen LogP contribution is -2.62. The lowest BCUT2D eigenvalue weighted by atomic mass is 9.84. The molecule has 2 fully saturated rings. The number of hydrogen-bond donors (Lipinski definition) is 5. The number of hydrogen-bond acceptors (Lipinski definition) is 10. The maximum absolute atomic E-state index is 15.2. The zero-order valence-electron chi connectivity index (χ0n) is 35.2. The number of nitrogens with one attached hydrogen (secondary N) is 3. The smallest absolute Gasteiger partial charge is 0.269 e. The fourth-order valence-electron chi connectivity index (χ4n) is 8.50. The number of benzene rings is 3. The van der Waals surface area contributed by atoms with Crippen LogP contribution < -0.4 is 27.4 Å². The van der Waals surface area contributed by atoms with Gasteiger partial charge in [0.05, 0.1) is 17.0 Å². The van der Waals surface area contributed by atoms with E-state index in [-0.39, 0.29) is 49.9 Å². The van der Waals surface area contributed by atoms with Crippen LogP contribution in [0.1, 0.15) is 87.3 Å². The van der Waals surface area contributed by atoms with E-state index in [1.807, 2.05) is 48.5 Å². The number of carbonyl (C=O) groups is 5. The number of unbranched alkanes of at least 4 members (excludes halogenated alkanes) is 1. The molecule has 0 bridgehead atoms. The van der Waals surface area contributed by atoms with Crippen LogP contribution in [0.4, 0.5) is 5.69 Å². The van der Waals surface area contributed by atoms with E-state index in [0.29, 0.717) is 49.8 Å². The normalized spacial score (nSPS) is 17.4. The summed E-state index contributed by atoms with van der Waals surface area (Å²) in [6.07, 6.45) is 7.89. The Bertz CT molecular complexity index is 1910. The van der Waals surface area contributed by atoms with Crippen LogP contribution in [0.15, 0.2) is 84.9 Å². The summed E-state index contributed by atoms with van der Waals surface area (Å²) in [7, 11) is 1.69. The van der Waals surface area contributed by atoms with Gasteiger partial charge in [0.1, 0.15) is 18.1 Å². The molecule has 7 N–H and O–H groups in total. The van der Waals surface area contributed by atoms with E-state index in [0.717, 1.165) is 42.6 Å². The third-order valence-corrected chi connectivity index (χ3v) is 11.9. The Morgan fingerprint density at radius 3 is 2.05 bits per heavy atom. The van der Waals surface area contributed by atoms with Crippen LogP contribution in [0.25, 0.3) is 0 Å². The fourth-order valence-corrected chi connectivity index (χ4v) is 8.50. The molecular formula is C46H62N8O7. The van der Waals surface area contributed by atoms with Gasteiger partial charge in [0, 0.05) is 31.6 Å². The molecule has 5 rings (SSSR count). The van der Waals surface area contributed by atoms with Crippen molar-refractivity contribution in [2.24, 2.45) is 17.4 Å². The molecule has 15 heteroatoms. The molecule has 15 nitrogen and oxygen atoms in total. The van der Waals surface area contributed by atoms with E-state index in [1.165, 1.54) is 29.2 Å². The molecule has 0 radical (unpaired) electrons. The molecule has 1 saturated heterocycles. The summed E-state index contributed by atoms with van der Waals surface area (Å²) >= 11 is 0. The van der Waals surface area contributed by atoms with Gasteiger partial charge in [0.2, 0.25) is 23.6 Å². The summed E-state index contributed by atoms with van der Waals surface area (Å²) < 4.78 is 0. The molecule has 0 aromatic heterocycles. The number of carbonyl (C=O) groups excluding carboxylic acids is 5. The topological polar surface area (TPSA) is 223 Å². The van der Waals surface area contributed by atoms with Crippen molar-refractivity contribution in [3.05, 3.63) is 112 Å². The van der Waals surface area contributed by atoms with Crippen LogP contribution in [0, 0.1) is 16.0 Å². The van der Waals surface area contributed by atoms with E-state index in [4.69, 9.17) is 11.5 Å². The van der Waals surface area contributed by atoms with Crippen molar-refractivity contribution in [3.63, 3.8) is 0 Å². The number of non-ortho nitro benzene ring substituents is 1. The molecule has 0 unspecified atom stereocenters. The summed E-state index contributed by atoms with van der Waals surface area (Å²) in [6, 6.07) is 19.2. The first kappa shape index (κ1) is 46.6. The molecule has 0 spiro atoms. The van der Waals surface area contributed by atoms with Crippen LogP contribution in [-0.2, 0) is 43.4 Å². The van der Waals surface area contributed by atoms with Gasteiger partial charge in [-0.05, 0) is 81.1 Å². The van der Waals surface area contributed by atoms with Crippen molar-refractivity contribution < 1.29 is 28.9 Å². The summed E-state index contributed by atoms with van der Waals surface area (Å²) in [5.41, 5.74) is 14.6. The number of imide groups is 1. The van der Waals surface area contributed by atoms with Crippen LogP contribution in [-0.4, -0.2) is 94.6 Å². The second-order valence-corrected chi connectivity index (χ2v) is 16.3. The minimum Gasteiger partial charge on any atom is -0.350 e. The Hall–Kier alpha value is -5.51. The molecule has 1 aliphatic heterocycles. The molecule has 5 atom stereocenters. The van der Waals surface area contributed by atoms with E-state index < -0.39 is 58.8 Å². The third-order valence-electron chi connectivity index (χ3n) is 11.9. The predicted molar refractivity (Wildman–Crippen MR) is 232 cm³/mol. The molecule has 61 heavy (non-hydrogen) atoms. The monoisotopic (exact) mass is 838 g/mol. The van der Waals surface area contributed by atoms with Crippen molar-refractivity contribution in [3.8, 4) is 0 Å². The second kappa shape index (κ2) is 23.5. The van der Waals surface area contributed by atoms with Gasteiger partial charge in [-0.2, -0.15) is 0 Å². The minimum atomic E-state index is -1.34. The number of nitrogens with two attached hydrogens (primary N) is 2. The number of likely N-dealkylation sites (N-methyl/N-ethyl adjacent to an activating group) is 1. The zero-order chi connectivity index (χ0) is 43.7. The number of nitrogens with zero attached hydrogens (tertiary/aromatic N) is 3. The Kier molecular flexibility index (Phi) is 17.9. The molecule has 1 aliphatic carbocycles. The Morgan fingerprint density at radius 2 is 1.44 bits per heavy atom. The highest BCUT2D eigenvalue weighted by molar-refractivity contribution is 6.05. The highest BCUT2D eigenvalue weighted by Crippen LogP contribution is 2.29. The van der Waals surface area contributed by atoms with E-state index >= 15 is 4.79 Å². The summed E-state index contributed by atoms with van der Waals surface area (Å²) in [6.45, 7) is 0.590. The molecular weight excluding hydrogens is 777 g/mol. The lowest BCUT2D eigenvalue weighted by molar-refractivity contribution is -0.384. The van der Waals surface area contributed by atoms with Gasteiger partial charge >= 0.3 is 0 Å². The molecule has 5 amide bonds. The van der Waals surface area contributed by atoms with E-state index in [9.17, 15) is 29.3 Å². The average molecular weight is 839 g/mol. The molecule has 3 aromatic rings. The fraction of sp³-hybridized carbons (Fsp3) is 0.500. The van der Waals surface area contributed by atoms with Crippen LogP contribution in [0.3, 0.4) is 0 Å². The highest BCUT2D eigenvalue weighted by atomic mass is 16.6. The molecule has 2 aliphatic rings. The predicted octanol–water partition coefficient (Wildman–Crippen LogP) is 3.91. The van der Waals surface area contributed by atoms with Crippen molar-refractivity contribution in [2.75, 3.05) is 20.1 Å². The zero-order valence-corrected chi connectivity index (χ0v) is 35.2. The van der Waals surface area contributed by atoms with Crippen LogP contribution >= 0.6 is 0 Å². The molecule has 328 valence electrons. The van der Waals surface area contributed by atoms with E-state index in [2.05, 4.69) is 16.0 Å². The van der Waals surface area contributed by atoms with Crippen molar-refractivity contribution in [1.29, 1.82) is 0 Å². The van der Waals surface area contributed by atoms with Gasteiger partial charge in [-0.25, -0.2) is 0 Å². The van der Waals surface area contributed by atoms with Crippen molar-refractivity contribution in [2.45, 2.75) is 120 Å². The standard InChI is InChI=1S/C46H62N8O7/c1-49-39(29-33-16-7-3-8-17-33)42(55)51-38(20-11-12-26-47)45(58)52-27-13-21-40(52)46(59)53(44(57)37(48)28-32-14-5-2-6-15-32)41(30-34-18-9-4-10-19-34)43(56)50-31-35-22-24-36(25-23-35)54(60)61/h3-4,7-10,16-19,22-25,32,37-41,49H,2,5-6,11-15,20-21,26-31,47-48H2,1H3,(H,50,56)(H,51,55)/t37-,38+,39+,40+,41+/m1/s1. The highest BCUT2D eigenvalue weighted by Gasteiger charge is 2.45. The first-order chi connectivity index (χ1) is 29.5. The number of nitro benzene ring substituents is 1. The Balaban J connectivity index is 1.45. The second-order valence-electron chi connectivity index (χ2n) is 16.3. The first-order valence-corrected chi connectivity index (χ1v) is 21.7. The average Bonchev–Trinajstić information content (AvgIpc) is 3.78. The number of likely N-dealkylation sites (tertiary alicyclic amines) is 1. The van der Waals surface area contributed by atoms with Crippen molar-refractivity contribution >= 4 is 35.2 Å². The number of nitro groups is 1.